The number of benzene rings is 1. The lowest BCUT2D eigenvalue weighted by molar-refractivity contribution is 0.317. The molecule has 1 N–H and O–H groups in total. The zero-order valence-corrected chi connectivity index (χ0v) is 11.7. The van der Waals surface area contributed by atoms with Crippen molar-refractivity contribution in [2.75, 3.05) is 11.9 Å². The molecule has 5 nitrogen and oxygen atoms in total. The van der Waals surface area contributed by atoms with Crippen LogP contribution < -0.4 is 10.1 Å². The van der Waals surface area contributed by atoms with E-state index in [2.05, 4.69) is 27.4 Å². The first-order chi connectivity index (χ1) is 9.19. The van der Waals surface area contributed by atoms with E-state index >= 15 is 0 Å². The van der Waals surface area contributed by atoms with E-state index in [-0.39, 0.29) is 10.4 Å². The van der Waals surface area contributed by atoms with Gasteiger partial charge in [0.25, 0.3) is 0 Å². The normalized spacial score (nSPS) is 10.3. The van der Waals surface area contributed by atoms with Gasteiger partial charge in [-0.3, -0.25) is 0 Å². The summed E-state index contributed by atoms with van der Waals surface area (Å²) in [4.78, 5) is 3.96. The summed E-state index contributed by atoms with van der Waals surface area (Å²) in [5.41, 5.74) is 0.808. The van der Waals surface area contributed by atoms with Crippen molar-refractivity contribution in [1.29, 1.82) is 0 Å². The second-order valence-electron chi connectivity index (χ2n) is 3.72. The van der Waals surface area contributed by atoms with Crippen LogP contribution in [0.5, 0.6) is 5.75 Å². The Kier molecular flexibility index (Phi) is 4.76. The van der Waals surface area contributed by atoms with Crippen LogP contribution in [0, 0.1) is 0 Å². The van der Waals surface area contributed by atoms with Gasteiger partial charge in [-0.25, -0.2) is 0 Å². The second kappa shape index (κ2) is 6.54. The van der Waals surface area contributed by atoms with E-state index in [1.54, 1.807) is 0 Å². The van der Waals surface area contributed by atoms with Gasteiger partial charge in [-0.05, 0) is 42.3 Å². The van der Waals surface area contributed by atoms with Crippen molar-refractivity contribution in [3.05, 3.63) is 34.7 Å². The number of anilines is 2. The molecule has 0 fully saturated rings. The minimum absolute atomic E-state index is 0.0369. The second-order valence-corrected chi connectivity index (χ2v) is 4.41. The molecule has 0 saturated heterocycles. The maximum Gasteiger partial charge on any atom is 0.245 e. The molecule has 1 heterocycles. The van der Waals surface area contributed by atoms with Crippen LogP contribution in [0.3, 0.4) is 0 Å². The molecule has 0 amide bonds. The number of aromatic nitrogens is 3. The fourth-order valence-corrected chi connectivity index (χ4v) is 1.61. The molecule has 7 heteroatoms. The predicted octanol–water partition coefficient (Wildman–Crippen LogP) is 3.71. The van der Waals surface area contributed by atoms with E-state index < -0.39 is 0 Å². The first-order valence-corrected chi connectivity index (χ1v) is 6.50. The summed E-state index contributed by atoms with van der Waals surface area (Å²) in [5, 5.41) is 10.4. The van der Waals surface area contributed by atoms with E-state index in [0.29, 0.717) is 12.4 Å². The maximum atomic E-state index is 5.86. The molecule has 0 unspecified atom stereocenters. The molecular weight excluding hydrogens is 287 g/mol. The summed E-state index contributed by atoms with van der Waals surface area (Å²) in [5.74, 6) is 1.18. The average Bonchev–Trinajstić information content (AvgIpc) is 2.42. The van der Waals surface area contributed by atoms with Gasteiger partial charge in [-0.15, -0.1) is 10.2 Å². The number of hydrogen-bond donors (Lipinski definition) is 1. The molecule has 2 rings (SSSR count). The molecule has 0 radical (unpaired) electrons. The van der Waals surface area contributed by atoms with Crippen molar-refractivity contribution in [1.82, 2.24) is 15.2 Å². The van der Waals surface area contributed by atoms with Gasteiger partial charge in [0.05, 0.1) is 6.61 Å². The van der Waals surface area contributed by atoms with E-state index in [0.717, 1.165) is 17.9 Å². The Labute approximate surface area is 120 Å². The van der Waals surface area contributed by atoms with Gasteiger partial charge in [-0.1, -0.05) is 18.5 Å². The third-order valence-corrected chi connectivity index (χ3v) is 2.62. The number of nitrogens with zero attached hydrogens (tertiary/aromatic N) is 3. The topological polar surface area (TPSA) is 59.9 Å². The predicted molar refractivity (Wildman–Crippen MR) is 75.4 cm³/mol. The summed E-state index contributed by atoms with van der Waals surface area (Å²) >= 11 is 11.5. The van der Waals surface area contributed by atoms with Crippen LogP contribution in [-0.2, 0) is 0 Å². The van der Waals surface area contributed by atoms with Crippen LogP contribution in [0.4, 0.5) is 11.5 Å². The minimum Gasteiger partial charge on any atom is -0.494 e. The van der Waals surface area contributed by atoms with Crippen molar-refractivity contribution in [3.8, 4) is 5.75 Å². The zero-order valence-electron chi connectivity index (χ0n) is 10.2. The number of nitrogens with one attached hydrogen (secondary N) is 1. The van der Waals surface area contributed by atoms with Crippen LogP contribution in [-0.4, -0.2) is 21.8 Å². The van der Waals surface area contributed by atoms with Crippen molar-refractivity contribution >= 4 is 34.7 Å². The van der Waals surface area contributed by atoms with E-state index in [1.165, 1.54) is 0 Å². The van der Waals surface area contributed by atoms with Gasteiger partial charge < -0.3 is 10.1 Å². The van der Waals surface area contributed by atoms with Gasteiger partial charge in [0.15, 0.2) is 11.0 Å². The van der Waals surface area contributed by atoms with Crippen LogP contribution in [0.25, 0.3) is 0 Å². The maximum absolute atomic E-state index is 5.86. The molecule has 1 aromatic heterocycles. The number of halogens is 2. The van der Waals surface area contributed by atoms with Crippen LogP contribution in [0.1, 0.15) is 13.3 Å². The summed E-state index contributed by atoms with van der Waals surface area (Å²) in [6, 6.07) is 7.44. The molecule has 0 atom stereocenters. The lowest BCUT2D eigenvalue weighted by atomic mass is 10.3. The Morgan fingerprint density at radius 1 is 1.16 bits per heavy atom. The highest BCUT2D eigenvalue weighted by molar-refractivity contribution is 6.32. The quantitative estimate of drug-likeness (QED) is 0.912. The van der Waals surface area contributed by atoms with Crippen molar-refractivity contribution in [2.24, 2.45) is 0 Å². The lowest BCUT2D eigenvalue weighted by Crippen LogP contribution is -1.99. The number of rotatable bonds is 5. The van der Waals surface area contributed by atoms with Crippen molar-refractivity contribution < 1.29 is 4.74 Å². The third kappa shape index (κ3) is 3.94. The Morgan fingerprint density at radius 3 is 2.58 bits per heavy atom. The third-order valence-electron chi connectivity index (χ3n) is 2.21. The van der Waals surface area contributed by atoms with Crippen molar-refractivity contribution in [2.45, 2.75) is 13.3 Å². The average molecular weight is 299 g/mol. The number of ether oxygens (including phenoxy) is 1. The van der Waals surface area contributed by atoms with Gasteiger partial charge >= 0.3 is 0 Å². The van der Waals surface area contributed by atoms with Crippen molar-refractivity contribution in [3.63, 3.8) is 0 Å². The van der Waals surface area contributed by atoms with Gasteiger partial charge in [0.2, 0.25) is 5.28 Å². The highest BCUT2D eigenvalue weighted by Gasteiger charge is 2.06. The molecule has 0 bridgehead atoms. The summed E-state index contributed by atoms with van der Waals surface area (Å²) in [7, 11) is 0. The highest BCUT2D eigenvalue weighted by atomic mass is 35.5. The Balaban J connectivity index is 2.08. The molecule has 0 saturated carbocycles. The molecule has 100 valence electrons. The Hall–Kier alpha value is -1.59. The van der Waals surface area contributed by atoms with E-state index in [4.69, 9.17) is 27.9 Å². The Bertz CT molecular complexity index is 548. The standard InChI is InChI=1S/C12H12Cl2N4O/c1-2-7-19-9-5-3-8(4-6-9)15-11-10(13)17-18-12(14)16-11/h3-6H,2,7H2,1H3,(H,15,16,18). The monoisotopic (exact) mass is 298 g/mol. The van der Waals surface area contributed by atoms with E-state index in [9.17, 15) is 0 Å². The largest absolute Gasteiger partial charge is 0.494 e. The molecule has 19 heavy (non-hydrogen) atoms. The minimum atomic E-state index is 0.0369. The first kappa shape index (κ1) is 13.8. The summed E-state index contributed by atoms with van der Waals surface area (Å²) < 4.78 is 5.49. The number of hydrogen-bond acceptors (Lipinski definition) is 5. The summed E-state index contributed by atoms with van der Waals surface area (Å²) in [6.07, 6.45) is 0.973. The molecule has 2 aromatic rings. The first-order valence-electron chi connectivity index (χ1n) is 5.74. The zero-order chi connectivity index (χ0) is 13.7. The van der Waals surface area contributed by atoms with Gasteiger partial charge in [0, 0.05) is 5.69 Å². The lowest BCUT2D eigenvalue weighted by Gasteiger charge is -2.08. The highest BCUT2D eigenvalue weighted by Crippen LogP contribution is 2.23. The fraction of sp³-hybridized carbons (Fsp3) is 0.250. The molecule has 1 aromatic carbocycles. The molecule has 0 aliphatic carbocycles. The summed E-state index contributed by atoms with van der Waals surface area (Å²) in [6.45, 7) is 2.76. The SMILES string of the molecule is CCCOc1ccc(Nc2nc(Cl)nnc2Cl)cc1. The van der Waals surface area contributed by atoms with E-state index in [1.807, 2.05) is 24.3 Å². The molecule has 0 aliphatic rings. The van der Waals surface area contributed by atoms with Crippen LogP contribution >= 0.6 is 23.2 Å². The molecule has 0 aliphatic heterocycles. The van der Waals surface area contributed by atoms with Gasteiger partial charge in [-0.2, -0.15) is 4.98 Å². The smallest absolute Gasteiger partial charge is 0.245 e. The van der Waals surface area contributed by atoms with Crippen LogP contribution in [0.2, 0.25) is 10.4 Å². The Morgan fingerprint density at radius 2 is 1.89 bits per heavy atom. The fourth-order valence-electron chi connectivity index (χ4n) is 1.36. The van der Waals surface area contributed by atoms with Crippen LogP contribution in [0.15, 0.2) is 24.3 Å². The molecular formula is C12H12Cl2N4O. The molecule has 0 spiro atoms. The van der Waals surface area contributed by atoms with Gasteiger partial charge in [0.1, 0.15) is 5.75 Å².